The highest BCUT2D eigenvalue weighted by atomic mass is 32.1. The van der Waals surface area contributed by atoms with Gasteiger partial charge in [0.05, 0.1) is 12.1 Å². The van der Waals surface area contributed by atoms with Gasteiger partial charge in [-0.2, -0.15) is 11.3 Å². The van der Waals surface area contributed by atoms with E-state index in [1.807, 2.05) is 23.2 Å². The molecule has 1 unspecified atom stereocenters. The monoisotopic (exact) mass is 344 g/mol. The van der Waals surface area contributed by atoms with Crippen molar-refractivity contribution in [3.05, 3.63) is 46.1 Å². The number of nitrogens with one attached hydrogen (secondary N) is 1. The van der Waals surface area contributed by atoms with E-state index in [0.29, 0.717) is 6.42 Å². The van der Waals surface area contributed by atoms with E-state index in [-0.39, 0.29) is 11.9 Å². The quantitative estimate of drug-likeness (QED) is 0.792. The fourth-order valence-electron chi connectivity index (χ4n) is 2.83. The second-order valence-electron chi connectivity index (χ2n) is 5.63. The number of fused-ring (bicyclic) bond motifs is 1. The average Bonchev–Trinajstić information content (AvgIpc) is 3.27. The van der Waals surface area contributed by atoms with E-state index in [1.165, 1.54) is 0 Å². The third kappa shape index (κ3) is 3.20. The Morgan fingerprint density at radius 3 is 3.26 bits per heavy atom. The summed E-state index contributed by atoms with van der Waals surface area (Å²) in [6, 6.07) is 2.23. The second kappa shape index (κ2) is 6.25. The molecule has 23 heavy (non-hydrogen) atoms. The standard InChI is InChI=1S/C16H16N4OS2/c21-15(18-12-1-2-14-17-4-5-20(14)8-12)7-13-10-23-16(19-13)11-3-6-22-9-11/h3-6,9-10,12H,1-2,7-8H2,(H,18,21). The van der Waals surface area contributed by atoms with Crippen LogP contribution in [0.3, 0.4) is 0 Å². The summed E-state index contributed by atoms with van der Waals surface area (Å²) in [5.74, 6) is 1.15. The fourth-order valence-corrected chi connectivity index (χ4v) is 4.37. The van der Waals surface area contributed by atoms with E-state index in [0.717, 1.165) is 41.5 Å². The maximum absolute atomic E-state index is 12.3. The number of aryl methyl sites for hydroxylation is 1. The Bertz CT molecular complexity index is 806. The van der Waals surface area contributed by atoms with Crippen LogP contribution in [-0.4, -0.2) is 26.5 Å². The van der Waals surface area contributed by atoms with Crippen LogP contribution in [0.25, 0.3) is 10.6 Å². The van der Waals surface area contributed by atoms with Crippen molar-refractivity contribution in [1.29, 1.82) is 0 Å². The molecule has 0 fully saturated rings. The molecule has 4 heterocycles. The van der Waals surface area contributed by atoms with E-state index in [9.17, 15) is 4.79 Å². The number of amides is 1. The second-order valence-corrected chi connectivity index (χ2v) is 7.27. The van der Waals surface area contributed by atoms with Crippen LogP contribution in [-0.2, 0) is 24.2 Å². The zero-order valence-electron chi connectivity index (χ0n) is 12.4. The molecular formula is C16H16N4OS2. The summed E-state index contributed by atoms with van der Waals surface area (Å²) in [5.41, 5.74) is 1.97. The van der Waals surface area contributed by atoms with Gasteiger partial charge in [-0.15, -0.1) is 11.3 Å². The van der Waals surface area contributed by atoms with Gasteiger partial charge in [-0.3, -0.25) is 4.79 Å². The van der Waals surface area contributed by atoms with Crippen molar-refractivity contribution in [1.82, 2.24) is 19.9 Å². The molecule has 5 nitrogen and oxygen atoms in total. The van der Waals surface area contributed by atoms with Crippen molar-refractivity contribution in [2.24, 2.45) is 0 Å². The normalized spacial score (nSPS) is 17.0. The molecule has 4 rings (SSSR count). The number of nitrogens with zero attached hydrogens (tertiary/aromatic N) is 3. The van der Waals surface area contributed by atoms with Crippen LogP contribution in [0.4, 0.5) is 0 Å². The van der Waals surface area contributed by atoms with Crippen LogP contribution >= 0.6 is 22.7 Å². The first kappa shape index (κ1) is 14.6. The lowest BCUT2D eigenvalue weighted by Gasteiger charge is -2.24. The predicted octanol–water partition coefficient (Wildman–Crippen LogP) is 2.74. The molecule has 0 radical (unpaired) electrons. The van der Waals surface area contributed by atoms with Gasteiger partial charge in [0.25, 0.3) is 0 Å². The molecule has 1 atom stereocenters. The Balaban J connectivity index is 1.36. The summed E-state index contributed by atoms with van der Waals surface area (Å²) in [7, 11) is 0. The number of aromatic nitrogens is 3. The molecule has 1 amide bonds. The third-order valence-corrected chi connectivity index (χ3v) is 5.59. The third-order valence-electron chi connectivity index (χ3n) is 3.96. The summed E-state index contributed by atoms with van der Waals surface area (Å²) in [6.45, 7) is 0.804. The Labute approximate surface area is 142 Å². The van der Waals surface area contributed by atoms with Gasteiger partial charge in [0.1, 0.15) is 10.8 Å². The molecule has 0 aromatic carbocycles. The predicted molar refractivity (Wildman–Crippen MR) is 91.6 cm³/mol. The van der Waals surface area contributed by atoms with Crippen molar-refractivity contribution >= 4 is 28.6 Å². The highest BCUT2D eigenvalue weighted by Gasteiger charge is 2.20. The van der Waals surface area contributed by atoms with Gasteiger partial charge >= 0.3 is 0 Å². The van der Waals surface area contributed by atoms with Gasteiger partial charge in [-0.05, 0) is 17.9 Å². The summed E-state index contributed by atoms with van der Waals surface area (Å²) in [5, 5.41) is 10.2. The number of thiazole rings is 1. The van der Waals surface area contributed by atoms with Gasteiger partial charge < -0.3 is 9.88 Å². The SMILES string of the molecule is O=C(Cc1csc(-c2ccsc2)n1)NC1CCc2nccn2C1. The highest BCUT2D eigenvalue weighted by Crippen LogP contribution is 2.25. The average molecular weight is 344 g/mol. The lowest BCUT2D eigenvalue weighted by molar-refractivity contribution is -0.121. The van der Waals surface area contributed by atoms with E-state index in [4.69, 9.17) is 0 Å². The van der Waals surface area contributed by atoms with Crippen molar-refractivity contribution in [2.45, 2.75) is 31.8 Å². The lowest BCUT2D eigenvalue weighted by Crippen LogP contribution is -2.41. The van der Waals surface area contributed by atoms with Gasteiger partial charge in [-0.25, -0.2) is 9.97 Å². The molecule has 0 aliphatic carbocycles. The molecule has 1 aliphatic heterocycles. The topological polar surface area (TPSA) is 59.8 Å². The van der Waals surface area contributed by atoms with Crippen LogP contribution in [0.2, 0.25) is 0 Å². The van der Waals surface area contributed by atoms with Crippen LogP contribution in [0, 0.1) is 0 Å². The molecule has 7 heteroatoms. The van der Waals surface area contributed by atoms with Crippen molar-refractivity contribution < 1.29 is 4.79 Å². The molecule has 3 aromatic heterocycles. The van der Waals surface area contributed by atoms with E-state index in [2.05, 4.69) is 31.3 Å². The molecular weight excluding hydrogens is 328 g/mol. The molecule has 3 aromatic rings. The number of carbonyl (C=O) groups is 1. The van der Waals surface area contributed by atoms with Crippen LogP contribution in [0.1, 0.15) is 17.9 Å². The molecule has 0 bridgehead atoms. The van der Waals surface area contributed by atoms with Crippen molar-refractivity contribution in [2.75, 3.05) is 0 Å². The first-order valence-electron chi connectivity index (χ1n) is 7.54. The number of rotatable bonds is 4. The summed E-state index contributed by atoms with van der Waals surface area (Å²) in [4.78, 5) is 21.1. The minimum Gasteiger partial charge on any atom is -0.351 e. The Kier molecular flexibility index (Phi) is 3.97. The zero-order chi connectivity index (χ0) is 15.6. The molecule has 1 N–H and O–H groups in total. The zero-order valence-corrected chi connectivity index (χ0v) is 14.1. The van der Waals surface area contributed by atoms with Crippen LogP contribution < -0.4 is 5.32 Å². The van der Waals surface area contributed by atoms with Gasteiger partial charge in [0.15, 0.2) is 0 Å². The minimum atomic E-state index is 0.0423. The van der Waals surface area contributed by atoms with Crippen molar-refractivity contribution in [3.8, 4) is 10.6 Å². The Morgan fingerprint density at radius 1 is 1.43 bits per heavy atom. The largest absolute Gasteiger partial charge is 0.351 e. The first-order chi connectivity index (χ1) is 11.3. The number of hydrogen-bond donors (Lipinski definition) is 1. The van der Waals surface area contributed by atoms with Crippen molar-refractivity contribution in [3.63, 3.8) is 0 Å². The Hall–Kier alpha value is -1.99. The summed E-state index contributed by atoms with van der Waals surface area (Å²) < 4.78 is 2.12. The first-order valence-corrected chi connectivity index (χ1v) is 9.36. The molecule has 0 spiro atoms. The molecule has 0 saturated carbocycles. The smallest absolute Gasteiger partial charge is 0.226 e. The number of imidazole rings is 1. The molecule has 118 valence electrons. The lowest BCUT2D eigenvalue weighted by atomic mass is 10.1. The van der Waals surface area contributed by atoms with Crippen LogP contribution in [0.5, 0.6) is 0 Å². The highest BCUT2D eigenvalue weighted by molar-refractivity contribution is 7.14. The maximum Gasteiger partial charge on any atom is 0.226 e. The molecule has 1 aliphatic rings. The number of carbonyl (C=O) groups excluding carboxylic acids is 1. The van der Waals surface area contributed by atoms with Crippen LogP contribution in [0.15, 0.2) is 34.6 Å². The minimum absolute atomic E-state index is 0.0423. The van der Waals surface area contributed by atoms with E-state index >= 15 is 0 Å². The fraction of sp³-hybridized carbons (Fsp3) is 0.312. The maximum atomic E-state index is 12.3. The summed E-state index contributed by atoms with van der Waals surface area (Å²) >= 11 is 3.25. The van der Waals surface area contributed by atoms with Gasteiger partial charge in [-0.1, -0.05) is 0 Å². The van der Waals surface area contributed by atoms with E-state index in [1.54, 1.807) is 22.7 Å². The van der Waals surface area contributed by atoms with E-state index < -0.39 is 0 Å². The molecule has 0 saturated heterocycles. The number of hydrogen-bond acceptors (Lipinski definition) is 5. The number of thiophene rings is 1. The van der Waals surface area contributed by atoms with Gasteiger partial charge in [0.2, 0.25) is 5.91 Å². The summed E-state index contributed by atoms with van der Waals surface area (Å²) in [6.07, 6.45) is 5.99. The Morgan fingerprint density at radius 2 is 2.39 bits per heavy atom. The van der Waals surface area contributed by atoms with Gasteiger partial charge in [0, 0.05) is 47.7 Å².